The molecule has 0 bridgehead atoms. The Morgan fingerprint density at radius 2 is 1.38 bits per heavy atom. The Labute approximate surface area is 298 Å². The quantitative estimate of drug-likeness (QED) is 0.118. The molecule has 266 valence electrons. The van der Waals surface area contributed by atoms with Gasteiger partial charge < -0.3 is 19.7 Å². The number of aryl methyl sites for hydroxylation is 1. The molecule has 1 atom stereocenters. The predicted octanol–water partition coefficient (Wildman–Crippen LogP) is 7.25. The third-order valence-corrected chi connectivity index (χ3v) is 9.84. The highest BCUT2D eigenvalue weighted by Crippen LogP contribution is 2.35. The van der Waals surface area contributed by atoms with E-state index in [4.69, 9.17) is 9.47 Å². The summed E-state index contributed by atoms with van der Waals surface area (Å²) in [6, 6.07) is 25.7. The topological polar surface area (TPSA) is 84.0 Å². The van der Waals surface area contributed by atoms with Gasteiger partial charge in [-0.2, -0.15) is 0 Å². The van der Waals surface area contributed by atoms with Crippen LogP contribution in [0.5, 0.6) is 0 Å². The minimum atomic E-state index is -0.360. The minimum absolute atomic E-state index is 0.234. The second-order valence-corrected chi connectivity index (χ2v) is 13.4. The van der Waals surface area contributed by atoms with Crippen LogP contribution in [0.15, 0.2) is 108 Å². The van der Waals surface area contributed by atoms with Crippen LogP contribution in [-0.2, 0) is 25.5 Å². The van der Waals surface area contributed by atoms with E-state index in [2.05, 4.69) is 87.7 Å². The van der Waals surface area contributed by atoms with E-state index in [0.29, 0.717) is 37.2 Å². The van der Waals surface area contributed by atoms with E-state index in [1.165, 1.54) is 11.1 Å². The molecule has 5 rings (SSSR count). The van der Waals surface area contributed by atoms with E-state index in [9.17, 15) is 9.59 Å². The molecular weight excluding hydrogens is 624 g/mol. The highest BCUT2D eigenvalue weighted by Gasteiger charge is 2.36. The maximum absolute atomic E-state index is 13.7. The van der Waals surface area contributed by atoms with Crippen LogP contribution in [-0.4, -0.2) is 72.7 Å². The molecule has 8 nitrogen and oxygen atoms in total. The number of hydrogen-bond acceptors (Lipinski definition) is 8. The Bertz CT molecular complexity index is 1530. The number of ether oxygens (including phenoxy) is 2. The molecule has 3 aromatic rings. The zero-order valence-corrected chi connectivity index (χ0v) is 30.1. The number of nitrogens with zero attached hydrogens (tertiary/aromatic N) is 3. The summed E-state index contributed by atoms with van der Waals surface area (Å²) in [6.45, 7) is 11.3. The van der Waals surface area contributed by atoms with Gasteiger partial charge in [-0.15, -0.1) is 0 Å². The summed E-state index contributed by atoms with van der Waals surface area (Å²) in [7, 11) is 0. The van der Waals surface area contributed by atoms with Gasteiger partial charge in [0, 0.05) is 62.4 Å². The Kier molecular flexibility index (Phi) is 14.2. The van der Waals surface area contributed by atoms with Gasteiger partial charge in [0.1, 0.15) is 0 Å². The number of dihydropyridines is 1. The van der Waals surface area contributed by atoms with Gasteiger partial charge in [0.15, 0.2) is 0 Å². The van der Waals surface area contributed by atoms with Crippen molar-refractivity contribution >= 4 is 11.9 Å². The van der Waals surface area contributed by atoms with E-state index >= 15 is 0 Å². The first-order valence-corrected chi connectivity index (χ1v) is 18.4. The second kappa shape index (κ2) is 19.2. The number of carbonyl (C=O) groups excluding carboxylic acids is 2. The molecule has 2 aliphatic rings. The highest BCUT2D eigenvalue weighted by atomic mass is 16.5. The number of aromatic nitrogens is 1. The summed E-state index contributed by atoms with van der Waals surface area (Å²) >= 11 is 0. The van der Waals surface area contributed by atoms with Gasteiger partial charge >= 0.3 is 11.9 Å². The molecule has 50 heavy (non-hydrogen) atoms. The van der Waals surface area contributed by atoms with Crippen molar-refractivity contribution in [2.75, 3.05) is 45.9 Å². The number of esters is 2. The van der Waals surface area contributed by atoms with E-state index in [1.54, 1.807) is 6.20 Å². The van der Waals surface area contributed by atoms with Crippen LogP contribution in [0.3, 0.4) is 0 Å². The van der Waals surface area contributed by atoms with Crippen molar-refractivity contribution < 1.29 is 19.1 Å². The number of rotatable bonds is 17. The van der Waals surface area contributed by atoms with E-state index in [-0.39, 0.29) is 23.9 Å². The number of pyridine rings is 1. The van der Waals surface area contributed by atoms with E-state index in [1.807, 2.05) is 32.2 Å². The molecule has 0 aliphatic carbocycles. The van der Waals surface area contributed by atoms with Crippen LogP contribution in [0.2, 0.25) is 0 Å². The third-order valence-electron chi connectivity index (χ3n) is 9.84. The van der Waals surface area contributed by atoms with Gasteiger partial charge in [0.2, 0.25) is 0 Å². The molecule has 2 aliphatic heterocycles. The summed E-state index contributed by atoms with van der Waals surface area (Å²) in [5, 5.41) is 3.29. The van der Waals surface area contributed by atoms with Gasteiger partial charge in [0.05, 0.1) is 30.4 Å². The van der Waals surface area contributed by atoms with E-state index < -0.39 is 0 Å². The zero-order chi connectivity index (χ0) is 35.1. The van der Waals surface area contributed by atoms with Crippen molar-refractivity contribution in [1.29, 1.82) is 0 Å². The number of allylic oxidation sites excluding steroid dienone is 2. The lowest BCUT2D eigenvalue weighted by Crippen LogP contribution is -2.48. The van der Waals surface area contributed by atoms with Crippen molar-refractivity contribution in [2.24, 2.45) is 5.92 Å². The predicted molar refractivity (Wildman–Crippen MR) is 198 cm³/mol. The van der Waals surface area contributed by atoms with Gasteiger partial charge in [0.25, 0.3) is 0 Å². The molecule has 0 spiro atoms. The van der Waals surface area contributed by atoms with Crippen LogP contribution in [0, 0.1) is 5.92 Å². The first-order valence-electron chi connectivity index (χ1n) is 18.4. The molecule has 0 radical (unpaired) electrons. The summed E-state index contributed by atoms with van der Waals surface area (Å²) in [6.07, 6.45) is 9.53. The van der Waals surface area contributed by atoms with Crippen molar-refractivity contribution in [3.8, 4) is 0 Å². The Hall–Kier alpha value is -4.27. The van der Waals surface area contributed by atoms with Crippen molar-refractivity contribution in [3.63, 3.8) is 0 Å². The van der Waals surface area contributed by atoms with Gasteiger partial charge in [-0.1, -0.05) is 92.9 Å². The molecule has 1 saturated heterocycles. The maximum atomic E-state index is 13.7. The second-order valence-electron chi connectivity index (χ2n) is 13.4. The number of hydrogen-bond donors (Lipinski definition) is 1. The van der Waals surface area contributed by atoms with Crippen molar-refractivity contribution in [2.45, 2.75) is 71.8 Å². The molecule has 0 saturated carbocycles. The fraction of sp³-hybridized carbons (Fsp3) is 0.452. The number of nitrogens with one attached hydrogen (secondary N) is 1. The fourth-order valence-electron chi connectivity index (χ4n) is 7.29. The van der Waals surface area contributed by atoms with Crippen LogP contribution in [0.4, 0.5) is 0 Å². The van der Waals surface area contributed by atoms with Gasteiger partial charge in [-0.05, 0) is 62.3 Å². The van der Waals surface area contributed by atoms with E-state index in [0.717, 1.165) is 81.8 Å². The molecule has 1 fully saturated rings. The number of unbranched alkanes of at least 4 members (excludes halogenated alkanes) is 2. The highest BCUT2D eigenvalue weighted by molar-refractivity contribution is 5.97. The average Bonchev–Trinajstić information content (AvgIpc) is 3.14. The molecule has 2 aromatic carbocycles. The van der Waals surface area contributed by atoms with Gasteiger partial charge in [-0.3, -0.25) is 9.88 Å². The Balaban J connectivity index is 1.12. The Morgan fingerprint density at radius 1 is 0.780 bits per heavy atom. The SMILES string of the molecule is CCCCCC1C(C(=O)OCCCc2cccnc2)=C(C)NC(C)=C1C(=O)OCCCN1CCN(C(c2ccccc2)c2ccccc2)CC1. The normalized spacial score (nSPS) is 17.2. The molecule has 3 heterocycles. The largest absolute Gasteiger partial charge is 0.462 e. The van der Waals surface area contributed by atoms with Crippen LogP contribution < -0.4 is 5.32 Å². The first-order chi connectivity index (χ1) is 24.5. The lowest BCUT2D eigenvalue weighted by molar-refractivity contribution is -0.140. The van der Waals surface area contributed by atoms with Crippen LogP contribution in [0.25, 0.3) is 0 Å². The third kappa shape index (κ3) is 10.1. The monoisotopic (exact) mass is 678 g/mol. The molecular formula is C42H54N4O4. The molecule has 1 N–H and O–H groups in total. The maximum Gasteiger partial charge on any atom is 0.336 e. The number of carbonyl (C=O) groups is 2. The van der Waals surface area contributed by atoms with Crippen molar-refractivity contribution in [1.82, 2.24) is 20.1 Å². The number of benzene rings is 2. The van der Waals surface area contributed by atoms with Gasteiger partial charge in [-0.25, -0.2) is 9.59 Å². The lowest BCUT2D eigenvalue weighted by atomic mass is 9.82. The van der Waals surface area contributed by atoms with Crippen LogP contribution >= 0.6 is 0 Å². The zero-order valence-electron chi connectivity index (χ0n) is 30.1. The Morgan fingerprint density at radius 3 is 1.94 bits per heavy atom. The fourth-order valence-corrected chi connectivity index (χ4v) is 7.29. The minimum Gasteiger partial charge on any atom is -0.462 e. The average molecular weight is 679 g/mol. The molecule has 8 heteroatoms. The summed E-state index contributed by atoms with van der Waals surface area (Å²) in [4.78, 5) is 36.3. The lowest BCUT2D eigenvalue weighted by Gasteiger charge is -2.39. The number of piperazine rings is 1. The van der Waals surface area contributed by atoms with Crippen molar-refractivity contribution in [3.05, 3.63) is 124 Å². The molecule has 0 amide bonds. The summed E-state index contributed by atoms with van der Waals surface area (Å²) in [5.74, 6) is -1.05. The smallest absolute Gasteiger partial charge is 0.336 e. The molecule has 1 aromatic heterocycles. The standard InChI is InChI=1S/C42H54N4O4/c1-4-5-8-22-37-38(41(47)49-29-14-17-34-16-13-23-43-31-34)32(2)44-33(3)39(37)42(48)50-30-15-24-45-25-27-46(28-26-45)40(35-18-9-6-10-19-35)36-20-11-7-12-21-36/h6-7,9-13,16,18-21,23,31,37,40,44H,4-5,8,14-15,17,22,24-30H2,1-3H3. The summed E-state index contributed by atoms with van der Waals surface area (Å²) in [5.41, 5.74) is 6.34. The molecule has 1 unspecified atom stereocenters. The first kappa shape index (κ1) is 37.0. The van der Waals surface area contributed by atoms with Crippen LogP contribution in [0.1, 0.15) is 82.0 Å². The summed E-state index contributed by atoms with van der Waals surface area (Å²) < 4.78 is 11.7.